The number of rotatable bonds is 8. The van der Waals surface area contributed by atoms with Gasteiger partial charge in [-0.1, -0.05) is 29.8 Å². The first-order valence-corrected chi connectivity index (χ1v) is 11.8. The molecule has 2 unspecified atom stereocenters. The molecule has 0 spiro atoms. The summed E-state index contributed by atoms with van der Waals surface area (Å²) < 4.78 is 10.5. The zero-order chi connectivity index (χ0) is 25.8. The predicted molar refractivity (Wildman–Crippen MR) is 134 cm³/mol. The van der Waals surface area contributed by atoms with Gasteiger partial charge in [0.15, 0.2) is 0 Å². The van der Waals surface area contributed by atoms with Gasteiger partial charge in [-0.15, -0.1) is 0 Å². The average molecular weight is 482 g/mol. The smallest absolute Gasteiger partial charge is 0.408 e. The number of carbonyl (C=O) groups is 3. The number of anilines is 1. The van der Waals surface area contributed by atoms with E-state index in [4.69, 9.17) is 9.47 Å². The zero-order valence-electron chi connectivity index (χ0n) is 21.3. The van der Waals surface area contributed by atoms with Gasteiger partial charge in [0.25, 0.3) is 5.91 Å². The van der Waals surface area contributed by atoms with Crippen molar-refractivity contribution in [3.05, 3.63) is 59.7 Å². The number of ether oxygens (including phenoxy) is 2. The average Bonchev–Trinajstić information content (AvgIpc) is 3.62. The van der Waals surface area contributed by atoms with Crippen molar-refractivity contribution in [2.24, 2.45) is 0 Å². The fourth-order valence-corrected chi connectivity index (χ4v) is 3.71. The van der Waals surface area contributed by atoms with Crippen LogP contribution in [0.3, 0.4) is 0 Å². The molecule has 8 nitrogen and oxygen atoms in total. The second kappa shape index (κ2) is 10.8. The molecule has 2 N–H and O–H groups in total. The molecule has 35 heavy (non-hydrogen) atoms. The minimum absolute atomic E-state index is 0.0849. The van der Waals surface area contributed by atoms with E-state index in [-0.39, 0.29) is 17.9 Å². The third-order valence-corrected chi connectivity index (χ3v) is 5.58. The number of nitrogens with one attached hydrogen (secondary N) is 2. The number of hydrogen-bond acceptors (Lipinski definition) is 5. The van der Waals surface area contributed by atoms with Crippen molar-refractivity contribution in [1.29, 1.82) is 0 Å². The highest BCUT2D eigenvalue weighted by Crippen LogP contribution is 2.36. The van der Waals surface area contributed by atoms with Crippen molar-refractivity contribution < 1.29 is 23.9 Å². The number of amides is 3. The van der Waals surface area contributed by atoms with Gasteiger partial charge in [0.2, 0.25) is 5.91 Å². The lowest BCUT2D eigenvalue weighted by Crippen LogP contribution is -2.52. The molecule has 1 fully saturated rings. The van der Waals surface area contributed by atoms with Gasteiger partial charge < -0.3 is 25.0 Å². The monoisotopic (exact) mass is 481 g/mol. The summed E-state index contributed by atoms with van der Waals surface area (Å²) in [6, 6.07) is 12.8. The Morgan fingerprint density at radius 3 is 2.11 bits per heavy atom. The van der Waals surface area contributed by atoms with E-state index < -0.39 is 23.8 Å². The molecular formula is C27H35N3O5. The van der Waals surface area contributed by atoms with Crippen LogP contribution >= 0.6 is 0 Å². The Bertz CT molecular complexity index is 1040. The molecule has 2 aromatic rings. The lowest BCUT2D eigenvalue weighted by molar-refractivity contribution is -0.141. The summed E-state index contributed by atoms with van der Waals surface area (Å²) in [5.41, 5.74) is 1.65. The number of aryl methyl sites for hydroxylation is 1. The van der Waals surface area contributed by atoms with Crippen LogP contribution in [0, 0.1) is 6.92 Å². The van der Waals surface area contributed by atoms with Crippen molar-refractivity contribution in [3.63, 3.8) is 0 Å². The first-order valence-electron chi connectivity index (χ1n) is 11.8. The Kier molecular flexibility index (Phi) is 8.04. The van der Waals surface area contributed by atoms with E-state index >= 15 is 0 Å². The van der Waals surface area contributed by atoms with Gasteiger partial charge in [0.05, 0.1) is 7.11 Å². The van der Waals surface area contributed by atoms with E-state index in [0.29, 0.717) is 17.0 Å². The highest BCUT2D eigenvalue weighted by Gasteiger charge is 2.43. The fraction of sp³-hybridized carbons (Fsp3) is 0.444. The molecule has 0 radical (unpaired) electrons. The molecule has 3 amide bonds. The van der Waals surface area contributed by atoms with E-state index in [1.807, 2.05) is 31.2 Å². The van der Waals surface area contributed by atoms with Gasteiger partial charge in [0, 0.05) is 11.7 Å². The Labute approximate surface area is 207 Å². The molecule has 0 saturated heterocycles. The summed E-state index contributed by atoms with van der Waals surface area (Å²) in [4.78, 5) is 41.1. The molecule has 188 valence electrons. The highest BCUT2D eigenvalue weighted by molar-refractivity contribution is 5.99. The van der Waals surface area contributed by atoms with Crippen molar-refractivity contribution >= 4 is 23.6 Å². The van der Waals surface area contributed by atoms with Crippen LogP contribution < -0.4 is 15.4 Å². The molecule has 3 rings (SSSR count). The van der Waals surface area contributed by atoms with Crippen LogP contribution in [0.15, 0.2) is 48.5 Å². The van der Waals surface area contributed by atoms with Gasteiger partial charge in [0.1, 0.15) is 23.4 Å². The molecular weight excluding hydrogens is 446 g/mol. The Balaban J connectivity index is 1.88. The predicted octanol–water partition coefficient (Wildman–Crippen LogP) is 4.59. The second-order valence-electron chi connectivity index (χ2n) is 9.88. The van der Waals surface area contributed by atoms with Crippen molar-refractivity contribution in [1.82, 2.24) is 10.2 Å². The van der Waals surface area contributed by atoms with Gasteiger partial charge in [-0.05, 0) is 77.3 Å². The number of carbonyl (C=O) groups excluding carboxylic acids is 3. The molecule has 1 aliphatic rings. The van der Waals surface area contributed by atoms with Crippen LogP contribution in [-0.2, 0) is 14.3 Å². The maximum Gasteiger partial charge on any atom is 0.408 e. The molecule has 2 aromatic carbocycles. The Morgan fingerprint density at radius 2 is 1.60 bits per heavy atom. The van der Waals surface area contributed by atoms with Crippen LogP contribution in [0.2, 0.25) is 0 Å². The summed E-state index contributed by atoms with van der Waals surface area (Å²) in [6.07, 6.45) is 0.912. The Hall–Kier alpha value is -3.55. The number of nitrogens with zero attached hydrogens (tertiary/aromatic N) is 1. The van der Waals surface area contributed by atoms with Crippen molar-refractivity contribution in [2.75, 3.05) is 12.4 Å². The molecule has 0 bridgehead atoms. The zero-order valence-corrected chi connectivity index (χ0v) is 21.3. The molecule has 0 aliphatic heterocycles. The summed E-state index contributed by atoms with van der Waals surface area (Å²) in [5, 5.41) is 5.55. The van der Waals surface area contributed by atoms with Crippen LogP contribution in [0.4, 0.5) is 10.5 Å². The van der Waals surface area contributed by atoms with Gasteiger partial charge in [-0.2, -0.15) is 0 Å². The third kappa shape index (κ3) is 7.21. The summed E-state index contributed by atoms with van der Waals surface area (Å²) >= 11 is 0. The van der Waals surface area contributed by atoms with Crippen LogP contribution in [0.1, 0.15) is 57.7 Å². The van der Waals surface area contributed by atoms with Crippen LogP contribution in [-0.4, -0.2) is 47.6 Å². The summed E-state index contributed by atoms with van der Waals surface area (Å²) in [6.45, 7) is 8.84. The molecule has 0 aromatic heterocycles. The van der Waals surface area contributed by atoms with Gasteiger partial charge in [-0.3, -0.25) is 9.59 Å². The standard InChI is InChI=1S/C27H35N3O5/c1-17-7-9-19(10-8-17)23(24(31)29-20-11-15-22(34-6)16-12-20)30(21-13-14-21)25(32)18(2)28-26(33)35-27(3,4)5/h7-12,15-16,18,21,23H,13-14H2,1-6H3,(H,28,33)(H,29,31). The lowest BCUT2D eigenvalue weighted by Gasteiger charge is -2.34. The van der Waals surface area contributed by atoms with Gasteiger partial charge >= 0.3 is 6.09 Å². The first kappa shape index (κ1) is 26.1. The molecule has 1 aliphatic carbocycles. The minimum Gasteiger partial charge on any atom is -0.497 e. The number of hydrogen-bond donors (Lipinski definition) is 2. The fourth-order valence-electron chi connectivity index (χ4n) is 3.71. The minimum atomic E-state index is -0.868. The topological polar surface area (TPSA) is 97.0 Å². The SMILES string of the molecule is COc1ccc(NC(=O)C(c2ccc(C)cc2)N(C(=O)C(C)NC(=O)OC(C)(C)C)C2CC2)cc1. The Morgan fingerprint density at radius 1 is 1.00 bits per heavy atom. The van der Waals surface area contributed by atoms with Crippen molar-refractivity contribution in [3.8, 4) is 5.75 Å². The van der Waals surface area contributed by atoms with E-state index in [1.54, 1.807) is 64.0 Å². The van der Waals surface area contributed by atoms with Gasteiger partial charge in [-0.25, -0.2) is 4.79 Å². The lowest BCUT2D eigenvalue weighted by atomic mass is 10.0. The normalized spacial score (nSPS) is 14.9. The molecule has 0 heterocycles. The number of methoxy groups -OCH3 is 1. The first-order chi connectivity index (χ1) is 16.5. The van der Waals surface area contributed by atoms with E-state index in [1.165, 1.54) is 0 Å². The van der Waals surface area contributed by atoms with Crippen molar-refractivity contribution in [2.45, 2.75) is 71.2 Å². The van der Waals surface area contributed by atoms with E-state index in [2.05, 4.69) is 10.6 Å². The maximum absolute atomic E-state index is 13.6. The van der Waals surface area contributed by atoms with Crippen LogP contribution in [0.25, 0.3) is 0 Å². The molecule has 1 saturated carbocycles. The summed E-state index contributed by atoms with van der Waals surface area (Å²) in [5.74, 6) is 0.00691. The maximum atomic E-state index is 13.6. The number of benzene rings is 2. The number of alkyl carbamates (subject to hydrolysis) is 1. The molecule has 2 atom stereocenters. The van der Waals surface area contributed by atoms with E-state index in [0.717, 1.165) is 18.4 Å². The van der Waals surface area contributed by atoms with E-state index in [9.17, 15) is 14.4 Å². The van der Waals surface area contributed by atoms with Crippen LogP contribution in [0.5, 0.6) is 5.75 Å². The molecule has 8 heteroatoms. The quantitative estimate of drug-likeness (QED) is 0.575. The second-order valence-corrected chi connectivity index (χ2v) is 9.88. The third-order valence-electron chi connectivity index (χ3n) is 5.58. The highest BCUT2D eigenvalue weighted by atomic mass is 16.6. The largest absolute Gasteiger partial charge is 0.497 e. The summed E-state index contributed by atoms with van der Waals surface area (Å²) in [7, 11) is 1.58.